The zero-order valence-corrected chi connectivity index (χ0v) is 15.5. The van der Waals surface area contributed by atoms with Gasteiger partial charge in [0.1, 0.15) is 12.4 Å². The van der Waals surface area contributed by atoms with Crippen molar-refractivity contribution in [1.29, 1.82) is 0 Å². The highest BCUT2D eigenvalue weighted by atomic mass is 16.5. The van der Waals surface area contributed by atoms with Gasteiger partial charge in [0, 0.05) is 25.6 Å². The van der Waals surface area contributed by atoms with Crippen molar-refractivity contribution in [2.45, 2.75) is 19.3 Å². The van der Waals surface area contributed by atoms with Crippen molar-refractivity contribution >= 4 is 17.6 Å². The van der Waals surface area contributed by atoms with Crippen molar-refractivity contribution in [3.05, 3.63) is 60.2 Å². The fourth-order valence-corrected chi connectivity index (χ4v) is 2.32. The van der Waals surface area contributed by atoms with Gasteiger partial charge in [0.05, 0.1) is 19.6 Å². The molecule has 0 unspecified atom stereocenters. The second-order valence-corrected chi connectivity index (χ2v) is 5.87. The summed E-state index contributed by atoms with van der Waals surface area (Å²) in [5.41, 5.74) is 1.76. The molecule has 1 amide bonds. The van der Waals surface area contributed by atoms with Crippen LogP contribution < -0.4 is 10.1 Å². The lowest BCUT2D eigenvalue weighted by Gasteiger charge is -2.08. The number of hydrogen-bond donors (Lipinski definition) is 1. The standard InChI is InChI=1S/C21H25NO5/c1-25-15-16-26-19-9-7-18(8-10-19)22-20(23)11-12-21(24)27-14-13-17-5-3-2-4-6-17/h2-10H,11-16H2,1H3,(H,22,23). The van der Waals surface area contributed by atoms with Crippen LogP contribution in [0.2, 0.25) is 0 Å². The zero-order valence-electron chi connectivity index (χ0n) is 15.5. The molecule has 0 radical (unpaired) electrons. The summed E-state index contributed by atoms with van der Waals surface area (Å²) in [4.78, 5) is 23.7. The molecule has 6 heteroatoms. The average Bonchev–Trinajstić information content (AvgIpc) is 2.69. The van der Waals surface area contributed by atoms with Gasteiger partial charge in [-0.1, -0.05) is 30.3 Å². The highest BCUT2D eigenvalue weighted by Gasteiger charge is 2.08. The molecule has 27 heavy (non-hydrogen) atoms. The van der Waals surface area contributed by atoms with Crippen molar-refractivity contribution in [3.8, 4) is 5.75 Å². The van der Waals surface area contributed by atoms with E-state index in [9.17, 15) is 9.59 Å². The number of nitrogens with one attached hydrogen (secondary N) is 1. The third-order valence-corrected chi connectivity index (χ3v) is 3.75. The molecule has 2 rings (SSSR count). The first-order chi connectivity index (χ1) is 13.2. The minimum absolute atomic E-state index is 0.0544. The van der Waals surface area contributed by atoms with Crippen LogP contribution in [0.1, 0.15) is 18.4 Å². The van der Waals surface area contributed by atoms with Gasteiger partial charge in [0.2, 0.25) is 5.91 Å². The van der Waals surface area contributed by atoms with Crippen molar-refractivity contribution in [2.75, 3.05) is 32.2 Å². The van der Waals surface area contributed by atoms with Gasteiger partial charge < -0.3 is 19.5 Å². The molecule has 0 fully saturated rings. The van der Waals surface area contributed by atoms with E-state index >= 15 is 0 Å². The Bertz CT molecular complexity index is 700. The third-order valence-electron chi connectivity index (χ3n) is 3.75. The van der Waals surface area contributed by atoms with Crippen molar-refractivity contribution in [3.63, 3.8) is 0 Å². The largest absolute Gasteiger partial charge is 0.491 e. The van der Waals surface area contributed by atoms with Crippen LogP contribution in [0.25, 0.3) is 0 Å². The second-order valence-electron chi connectivity index (χ2n) is 5.87. The number of hydrogen-bond acceptors (Lipinski definition) is 5. The van der Waals surface area contributed by atoms with E-state index < -0.39 is 0 Å². The summed E-state index contributed by atoms with van der Waals surface area (Å²) in [6.07, 6.45) is 0.798. The Morgan fingerprint density at radius 3 is 2.33 bits per heavy atom. The summed E-state index contributed by atoms with van der Waals surface area (Å²) >= 11 is 0. The zero-order chi connectivity index (χ0) is 19.3. The van der Waals surface area contributed by atoms with Crippen LogP contribution in [0.15, 0.2) is 54.6 Å². The minimum Gasteiger partial charge on any atom is -0.491 e. The molecule has 2 aromatic carbocycles. The van der Waals surface area contributed by atoms with Gasteiger partial charge in [0.25, 0.3) is 0 Å². The van der Waals surface area contributed by atoms with Crippen molar-refractivity contribution < 1.29 is 23.8 Å². The van der Waals surface area contributed by atoms with Crippen LogP contribution in [0, 0.1) is 0 Å². The molecule has 0 aromatic heterocycles. The normalized spacial score (nSPS) is 10.3. The molecule has 0 bridgehead atoms. The summed E-state index contributed by atoms with van der Waals surface area (Å²) < 4.78 is 15.5. The number of anilines is 1. The van der Waals surface area contributed by atoms with Gasteiger partial charge in [-0.25, -0.2) is 0 Å². The van der Waals surface area contributed by atoms with E-state index in [1.54, 1.807) is 31.4 Å². The first kappa shape index (κ1) is 20.5. The van der Waals surface area contributed by atoms with Crippen LogP contribution in [-0.2, 0) is 25.5 Å². The summed E-state index contributed by atoms with van der Waals surface area (Å²) in [5.74, 6) is 0.0954. The van der Waals surface area contributed by atoms with Gasteiger partial charge in [-0.05, 0) is 29.8 Å². The van der Waals surface area contributed by atoms with E-state index in [0.29, 0.717) is 37.7 Å². The van der Waals surface area contributed by atoms with Crippen LogP contribution in [0.3, 0.4) is 0 Å². The second kappa shape index (κ2) is 11.7. The lowest BCUT2D eigenvalue weighted by atomic mass is 10.2. The fourth-order valence-electron chi connectivity index (χ4n) is 2.32. The smallest absolute Gasteiger partial charge is 0.306 e. The minimum atomic E-state index is -0.372. The Hall–Kier alpha value is -2.86. The third kappa shape index (κ3) is 8.37. The molecular weight excluding hydrogens is 346 g/mol. The van der Waals surface area contributed by atoms with Crippen molar-refractivity contribution in [2.24, 2.45) is 0 Å². The molecule has 0 saturated carbocycles. The molecule has 0 spiro atoms. The Morgan fingerprint density at radius 1 is 0.889 bits per heavy atom. The van der Waals surface area contributed by atoms with E-state index in [1.165, 1.54) is 0 Å². The molecule has 6 nitrogen and oxygen atoms in total. The fraction of sp³-hybridized carbons (Fsp3) is 0.333. The van der Waals surface area contributed by atoms with Gasteiger partial charge in [-0.2, -0.15) is 0 Å². The topological polar surface area (TPSA) is 73.9 Å². The monoisotopic (exact) mass is 371 g/mol. The predicted molar refractivity (Wildman–Crippen MR) is 103 cm³/mol. The molecule has 0 aliphatic carbocycles. The number of amides is 1. The number of carbonyl (C=O) groups is 2. The number of carbonyl (C=O) groups excluding carboxylic acids is 2. The number of ether oxygens (including phenoxy) is 3. The molecular formula is C21H25NO5. The molecule has 0 aliphatic rings. The number of esters is 1. The number of benzene rings is 2. The first-order valence-electron chi connectivity index (χ1n) is 8.88. The molecule has 0 aliphatic heterocycles. The Balaban J connectivity index is 1.62. The number of rotatable bonds is 11. The Morgan fingerprint density at radius 2 is 1.63 bits per heavy atom. The average molecular weight is 371 g/mol. The molecule has 144 valence electrons. The van der Waals surface area contributed by atoms with Crippen molar-refractivity contribution in [1.82, 2.24) is 0 Å². The summed E-state index contributed by atoms with van der Waals surface area (Å²) in [5, 5.41) is 2.75. The lowest BCUT2D eigenvalue weighted by molar-refractivity contribution is -0.144. The van der Waals surface area contributed by atoms with E-state index in [0.717, 1.165) is 5.56 Å². The highest BCUT2D eigenvalue weighted by Crippen LogP contribution is 2.16. The highest BCUT2D eigenvalue weighted by molar-refractivity contribution is 5.92. The molecule has 0 saturated heterocycles. The van der Waals surface area contributed by atoms with Crippen LogP contribution in [-0.4, -0.2) is 38.8 Å². The molecule has 1 N–H and O–H groups in total. The lowest BCUT2D eigenvalue weighted by Crippen LogP contribution is -2.15. The van der Waals surface area contributed by atoms with Gasteiger partial charge >= 0.3 is 5.97 Å². The predicted octanol–water partition coefficient (Wildman–Crippen LogP) is 3.22. The maximum absolute atomic E-state index is 11.9. The maximum Gasteiger partial charge on any atom is 0.306 e. The van der Waals surface area contributed by atoms with Gasteiger partial charge in [0.15, 0.2) is 0 Å². The summed E-state index contributed by atoms with van der Waals surface area (Å²) in [6, 6.07) is 16.8. The summed E-state index contributed by atoms with van der Waals surface area (Å²) in [6.45, 7) is 1.30. The molecule has 0 heterocycles. The SMILES string of the molecule is COCCOc1ccc(NC(=O)CCC(=O)OCCc2ccccc2)cc1. The van der Waals surface area contributed by atoms with Gasteiger partial charge in [-0.3, -0.25) is 9.59 Å². The van der Waals surface area contributed by atoms with E-state index in [-0.39, 0.29) is 24.7 Å². The van der Waals surface area contributed by atoms with Crippen LogP contribution in [0.4, 0.5) is 5.69 Å². The van der Waals surface area contributed by atoms with E-state index in [1.807, 2.05) is 30.3 Å². The summed E-state index contributed by atoms with van der Waals surface area (Å²) in [7, 11) is 1.61. The quantitative estimate of drug-likeness (QED) is 0.485. The van der Waals surface area contributed by atoms with Crippen LogP contribution in [0.5, 0.6) is 5.75 Å². The Kier molecular flexibility index (Phi) is 8.86. The van der Waals surface area contributed by atoms with E-state index in [2.05, 4.69) is 5.32 Å². The molecule has 0 atom stereocenters. The first-order valence-corrected chi connectivity index (χ1v) is 8.88. The maximum atomic E-state index is 11.9. The van der Waals surface area contributed by atoms with E-state index in [4.69, 9.17) is 14.2 Å². The molecule has 2 aromatic rings. The Labute approximate surface area is 159 Å². The van der Waals surface area contributed by atoms with Gasteiger partial charge in [-0.15, -0.1) is 0 Å². The number of methoxy groups -OCH3 is 1. The van der Waals surface area contributed by atoms with Crippen LogP contribution >= 0.6 is 0 Å².